The molecule has 1 saturated heterocycles. The summed E-state index contributed by atoms with van der Waals surface area (Å²) in [4.78, 5) is 0. The van der Waals surface area contributed by atoms with Crippen molar-refractivity contribution in [2.24, 2.45) is 0 Å². The van der Waals surface area contributed by atoms with Gasteiger partial charge < -0.3 is 0 Å². The molecule has 0 bridgehead atoms. The van der Waals surface area contributed by atoms with E-state index in [-0.39, 0.29) is 0 Å². The first kappa shape index (κ1) is 13.7. The predicted octanol–water partition coefficient (Wildman–Crippen LogP) is 2.91. The molecule has 0 radical (unpaired) electrons. The molecule has 2 nitrogen and oxygen atoms in total. The van der Waals surface area contributed by atoms with Crippen molar-refractivity contribution in [3.8, 4) is 0 Å². The molecule has 0 spiro atoms. The van der Waals surface area contributed by atoms with Crippen molar-refractivity contribution in [2.75, 3.05) is 50.9 Å². The summed E-state index contributed by atoms with van der Waals surface area (Å²) < 4.78 is 5.50. The summed E-state index contributed by atoms with van der Waals surface area (Å²) in [5.74, 6) is 0. The number of hydrogen-bond donors (Lipinski definition) is 0. The molecule has 0 aromatic carbocycles. The molecule has 0 N–H and O–H groups in total. The smallest absolute Gasteiger partial charge is 0.0152 e. The minimum absolute atomic E-state index is 0.581. The van der Waals surface area contributed by atoms with E-state index in [1.807, 2.05) is 0 Å². The van der Waals surface area contributed by atoms with Crippen LogP contribution in [-0.2, 0) is 0 Å². The molecule has 0 saturated carbocycles. The number of hydrogen-bond acceptors (Lipinski definition) is 2. The Labute approximate surface area is 99.4 Å². The zero-order chi connectivity index (χ0) is 11.7. The van der Waals surface area contributed by atoms with Crippen molar-refractivity contribution in [3.63, 3.8) is 0 Å². The van der Waals surface area contributed by atoms with Crippen LogP contribution >= 0.6 is 20.6 Å². The standard InChI is InChI=1S/C11H28N2S2/c1-7-13(14(2,3)4)15(5,6)12-10-8-9-11-12/h7-11H2,1-6H3. The fourth-order valence-electron chi connectivity index (χ4n) is 2.51. The first-order chi connectivity index (χ1) is 6.80. The van der Waals surface area contributed by atoms with Crippen LogP contribution in [0.3, 0.4) is 0 Å². The van der Waals surface area contributed by atoms with Gasteiger partial charge in [-0.2, -0.15) is 10.2 Å². The van der Waals surface area contributed by atoms with E-state index in [2.05, 4.69) is 46.2 Å². The second-order valence-electron chi connectivity index (χ2n) is 5.28. The van der Waals surface area contributed by atoms with E-state index < -0.39 is 20.6 Å². The van der Waals surface area contributed by atoms with Gasteiger partial charge in [0.25, 0.3) is 0 Å². The lowest BCUT2D eigenvalue weighted by Crippen LogP contribution is -2.38. The number of nitrogens with zero attached hydrogens (tertiary/aromatic N) is 2. The van der Waals surface area contributed by atoms with Crippen LogP contribution in [0.15, 0.2) is 0 Å². The predicted molar refractivity (Wildman–Crippen MR) is 78.0 cm³/mol. The van der Waals surface area contributed by atoms with E-state index in [0.29, 0.717) is 0 Å². The molecule has 0 aromatic heterocycles. The Kier molecular flexibility index (Phi) is 4.43. The zero-order valence-corrected chi connectivity index (χ0v) is 12.9. The Morgan fingerprint density at radius 2 is 1.47 bits per heavy atom. The van der Waals surface area contributed by atoms with Gasteiger partial charge in [-0.3, -0.25) is 4.31 Å². The molecular formula is C11H28N2S2. The Morgan fingerprint density at radius 1 is 1.00 bits per heavy atom. The molecule has 94 valence electrons. The van der Waals surface area contributed by atoms with E-state index in [1.54, 1.807) is 0 Å². The van der Waals surface area contributed by atoms with Crippen LogP contribution in [0.1, 0.15) is 19.8 Å². The van der Waals surface area contributed by atoms with Gasteiger partial charge in [0.05, 0.1) is 0 Å². The maximum Gasteiger partial charge on any atom is 0.0152 e. The van der Waals surface area contributed by atoms with Crippen LogP contribution in [0, 0.1) is 0 Å². The third-order valence-corrected chi connectivity index (χ3v) is 9.86. The molecule has 1 aliphatic heterocycles. The van der Waals surface area contributed by atoms with Gasteiger partial charge in [-0.15, -0.1) is 10.4 Å². The van der Waals surface area contributed by atoms with Crippen molar-refractivity contribution < 1.29 is 0 Å². The van der Waals surface area contributed by atoms with Crippen molar-refractivity contribution >= 4 is 20.6 Å². The van der Waals surface area contributed by atoms with Crippen molar-refractivity contribution in [2.45, 2.75) is 19.8 Å². The molecule has 1 aliphatic rings. The topological polar surface area (TPSA) is 6.48 Å². The minimum atomic E-state index is -0.705. The van der Waals surface area contributed by atoms with Gasteiger partial charge in [-0.25, -0.2) is 3.71 Å². The summed E-state index contributed by atoms with van der Waals surface area (Å²) >= 11 is 0. The second kappa shape index (κ2) is 4.86. The van der Waals surface area contributed by atoms with Gasteiger partial charge in [-0.05, 0) is 44.1 Å². The summed E-state index contributed by atoms with van der Waals surface area (Å²) in [6.45, 7) is 6.13. The van der Waals surface area contributed by atoms with Gasteiger partial charge in [0, 0.05) is 19.6 Å². The minimum Gasteiger partial charge on any atom is -0.256 e. The average molecular weight is 252 g/mol. The van der Waals surface area contributed by atoms with Crippen LogP contribution in [0.4, 0.5) is 0 Å². The molecular weight excluding hydrogens is 224 g/mol. The van der Waals surface area contributed by atoms with Crippen LogP contribution in [0.2, 0.25) is 0 Å². The van der Waals surface area contributed by atoms with Crippen LogP contribution < -0.4 is 0 Å². The van der Waals surface area contributed by atoms with Crippen molar-refractivity contribution in [3.05, 3.63) is 0 Å². The largest absolute Gasteiger partial charge is 0.256 e. The summed E-state index contributed by atoms with van der Waals surface area (Å²) in [6, 6.07) is 0. The van der Waals surface area contributed by atoms with Gasteiger partial charge in [0.15, 0.2) is 0 Å². The molecule has 0 aromatic rings. The normalized spacial score (nSPS) is 22.3. The zero-order valence-electron chi connectivity index (χ0n) is 11.2. The van der Waals surface area contributed by atoms with E-state index in [1.165, 1.54) is 32.5 Å². The molecule has 15 heavy (non-hydrogen) atoms. The highest BCUT2D eigenvalue weighted by Crippen LogP contribution is 2.61. The summed E-state index contributed by atoms with van der Waals surface area (Å²) in [7, 11) is -1.29. The van der Waals surface area contributed by atoms with E-state index >= 15 is 0 Å². The fraction of sp³-hybridized carbons (Fsp3) is 1.00. The lowest BCUT2D eigenvalue weighted by Gasteiger charge is -2.56. The average Bonchev–Trinajstić information content (AvgIpc) is 2.52. The highest BCUT2D eigenvalue weighted by atomic mass is 32.3. The van der Waals surface area contributed by atoms with E-state index in [0.717, 1.165) is 0 Å². The highest BCUT2D eigenvalue weighted by molar-refractivity contribution is 8.43. The van der Waals surface area contributed by atoms with E-state index in [4.69, 9.17) is 0 Å². The second-order valence-corrected chi connectivity index (χ2v) is 12.9. The third-order valence-electron chi connectivity index (χ3n) is 3.06. The molecule has 0 atom stereocenters. The quantitative estimate of drug-likeness (QED) is 0.759. The maximum absolute atomic E-state index is 2.77. The SMILES string of the molecule is CCN(S(C)(C)C)S(C)(C)N1CCCC1. The van der Waals surface area contributed by atoms with Gasteiger partial charge in [-0.1, -0.05) is 6.92 Å². The maximum atomic E-state index is 2.77. The van der Waals surface area contributed by atoms with Gasteiger partial charge in [0.2, 0.25) is 0 Å². The monoisotopic (exact) mass is 252 g/mol. The molecule has 4 heteroatoms. The third kappa shape index (κ3) is 3.05. The molecule has 1 fully saturated rings. The van der Waals surface area contributed by atoms with Crippen molar-refractivity contribution in [1.29, 1.82) is 0 Å². The highest BCUT2D eigenvalue weighted by Gasteiger charge is 2.33. The Balaban J connectivity index is 2.80. The van der Waals surface area contributed by atoms with Crippen LogP contribution in [0.25, 0.3) is 0 Å². The Morgan fingerprint density at radius 3 is 1.80 bits per heavy atom. The Bertz CT molecular complexity index is 205. The molecule has 0 unspecified atom stereocenters. The van der Waals surface area contributed by atoms with Crippen LogP contribution in [-0.4, -0.2) is 58.9 Å². The first-order valence-electron chi connectivity index (χ1n) is 5.74. The fourth-order valence-corrected chi connectivity index (χ4v) is 9.99. The molecule has 1 rings (SSSR count). The Hall–Kier alpha value is 0.620. The number of rotatable bonds is 4. The molecule has 1 heterocycles. The summed E-state index contributed by atoms with van der Waals surface area (Å²) in [5, 5.41) is 0. The molecule has 0 amide bonds. The lowest BCUT2D eigenvalue weighted by molar-refractivity contribution is 0.541. The van der Waals surface area contributed by atoms with Gasteiger partial charge in [0.1, 0.15) is 0 Å². The van der Waals surface area contributed by atoms with Gasteiger partial charge >= 0.3 is 0 Å². The summed E-state index contributed by atoms with van der Waals surface area (Å²) in [5.41, 5.74) is 0. The van der Waals surface area contributed by atoms with Crippen LogP contribution in [0.5, 0.6) is 0 Å². The molecule has 0 aliphatic carbocycles. The van der Waals surface area contributed by atoms with Crippen molar-refractivity contribution in [1.82, 2.24) is 8.02 Å². The first-order valence-corrected chi connectivity index (χ1v) is 10.9. The lowest BCUT2D eigenvalue weighted by atomic mass is 10.4. The van der Waals surface area contributed by atoms with E-state index in [9.17, 15) is 0 Å². The summed E-state index contributed by atoms with van der Waals surface area (Å²) in [6.07, 6.45) is 15.0.